The third-order valence-electron chi connectivity index (χ3n) is 6.69. The largest absolute Gasteiger partial charge is 0.486 e. The van der Waals surface area contributed by atoms with Crippen molar-refractivity contribution >= 4 is 33.2 Å². The number of sulfonamides is 1. The number of unbranched alkanes of at least 4 members (excludes halogenated alkanes) is 1. The van der Waals surface area contributed by atoms with Crippen LogP contribution in [0.2, 0.25) is 5.02 Å². The van der Waals surface area contributed by atoms with Gasteiger partial charge in [0.25, 0.3) is 15.9 Å². The molecule has 0 atom stereocenters. The van der Waals surface area contributed by atoms with Crippen molar-refractivity contribution in [1.29, 1.82) is 0 Å². The summed E-state index contributed by atoms with van der Waals surface area (Å²) >= 11 is 6.45. The second-order valence-electron chi connectivity index (χ2n) is 8.77. The minimum atomic E-state index is -3.72. The first-order valence-corrected chi connectivity index (χ1v) is 13.4. The molecule has 2 aromatic rings. The molecular formula is C24H28ClN3O5S. The van der Waals surface area contributed by atoms with Crippen LogP contribution < -0.4 is 14.4 Å². The fourth-order valence-corrected chi connectivity index (χ4v) is 6.58. The summed E-state index contributed by atoms with van der Waals surface area (Å²) in [5.41, 5.74) is 2.15. The van der Waals surface area contributed by atoms with Gasteiger partial charge in [-0.2, -0.15) is 0 Å². The molecular weight excluding hydrogens is 478 g/mol. The molecule has 3 heterocycles. The van der Waals surface area contributed by atoms with Gasteiger partial charge in [0, 0.05) is 43.3 Å². The summed E-state index contributed by atoms with van der Waals surface area (Å²) in [6.45, 7) is 7.50. The average molecular weight is 506 g/mol. The lowest BCUT2D eigenvalue weighted by Gasteiger charge is -2.37. The Morgan fingerprint density at radius 1 is 0.971 bits per heavy atom. The number of nitrogens with zero attached hydrogens (tertiary/aromatic N) is 3. The van der Waals surface area contributed by atoms with Gasteiger partial charge in [0.1, 0.15) is 18.1 Å². The van der Waals surface area contributed by atoms with E-state index in [1.165, 1.54) is 6.07 Å². The smallest absolute Gasteiger partial charge is 0.269 e. The Kier molecular flexibility index (Phi) is 6.35. The summed E-state index contributed by atoms with van der Waals surface area (Å²) in [4.78, 5) is 17.3. The number of benzene rings is 2. The Balaban J connectivity index is 1.13. The topological polar surface area (TPSA) is 79.4 Å². The standard InChI is InChI=1S/C24H28ClN3O5S/c1-17-19(25)16-20(23-22(17)32-14-15-33-23)27-12-10-26(11-13-27)8-4-5-9-28-24(29)18-6-2-3-7-21(18)34(28,30)31/h2-3,6-7,16H,4-5,8-15H2,1H3. The third kappa shape index (κ3) is 4.10. The number of ether oxygens (including phenoxy) is 2. The number of amides is 1. The number of halogens is 1. The van der Waals surface area contributed by atoms with Gasteiger partial charge >= 0.3 is 0 Å². The first-order chi connectivity index (χ1) is 16.4. The molecule has 10 heteroatoms. The van der Waals surface area contributed by atoms with Crippen molar-refractivity contribution in [2.45, 2.75) is 24.7 Å². The molecule has 0 spiro atoms. The molecule has 34 heavy (non-hydrogen) atoms. The van der Waals surface area contributed by atoms with Crippen LogP contribution in [0.5, 0.6) is 11.5 Å². The summed E-state index contributed by atoms with van der Waals surface area (Å²) in [5, 5.41) is 0.676. The van der Waals surface area contributed by atoms with Gasteiger partial charge in [-0.05, 0) is 44.5 Å². The van der Waals surface area contributed by atoms with E-state index in [1.54, 1.807) is 18.2 Å². The highest BCUT2D eigenvalue weighted by molar-refractivity contribution is 7.90. The van der Waals surface area contributed by atoms with E-state index in [9.17, 15) is 13.2 Å². The third-order valence-corrected chi connectivity index (χ3v) is 8.92. The zero-order valence-corrected chi connectivity index (χ0v) is 20.7. The maximum absolute atomic E-state index is 12.7. The Labute approximate surface area is 205 Å². The predicted molar refractivity (Wildman–Crippen MR) is 130 cm³/mol. The van der Waals surface area contributed by atoms with Crippen LogP contribution in [-0.4, -0.2) is 76.0 Å². The molecule has 0 aromatic heterocycles. The maximum atomic E-state index is 12.7. The van der Waals surface area contributed by atoms with Crippen LogP contribution in [0.1, 0.15) is 28.8 Å². The van der Waals surface area contributed by atoms with Gasteiger partial charge in [0.2, 0.25) is 0 Å². The summed E-state index contributed by atoms with van der Waals surface area (Å²) < 4.78 is 38.1. The van der Waals surface area contributed by atoms with Crippen molar-refractivity contribution in [3.63, 3.8) is 0 Å². The molecule has 3 aliphatic rings. The number of hydrogen-bond acceptors (Lipinski definition) is 7. The SMILES string of the molecule is Cc1c(Cl)cc(N2CCN(CCCCN3C(=O)c4ccccc4S3(=O)=O)CC2)c2c1OCCO2. The Bertz CT molecular complexity index is 1210. The molecule has 0 bridgehead atoms. The number of hydrogen-bond donors (Lipinski definition) is 0. The highest BCUT2D eigenvalue weighted by atomic mass is 35.5. The average Bonchev–Trinajstić information content (AvgIpc) is 3.05. The van der Waals surface area contributed by atoms with Crippen LogP contribution in [0, 0.1) is 6.92 Å². The lowest BCUT2D eigenvalue weighted by Crippen LogP contribution is -2.47. The molecule has 0 radical (unpaired) electrons. The Morgan fingerprint density at radius 2 is 1.65 bits per heavy atom. The highest BCUT2D eigenvalue weighted by Crippen LogP contribution is 2.45. The minimum absolute atomic E-state index is 0.115. The number of carbonyl (C=O) groups excluding carboxylic acids is 1. The fourth-order valence-electron chi connectivity index (χ4n) is 4.78. The van der Waals surface area contributed by atoms with E-state index in [4.69, 9.17) is 21.1 Å². The quantitative estimate of drug-likeness (QED) is 0.558. The molecule has 0 aliphatic carbocycles. The molecule has 182 valence electrons. The first kappa shape index (κ1) is 23.3. The van der Waals surface area contributed by atoms with E-state index in [1.807, 2.05) is 13.0 Å². The summed E-state index contributed by atoms with van der Waals surface area (Å²) in [6.07, 6.45) is 1.45. The van der Waals surface area contributed by atoms with Gasteiger partial charge in [-0.3, -0.25) is 9.69 Å². The van der Waals surface area contributed by atoms with Crippen LogP contribution in [0.4, 0.5) is 5.69 Å². The van der Waals surface area contributed by atoms with E-state index >= 15 is 0 Å². The minimum Gasteiger partial charge on any atom is -0.486 e. The lowest BCUT2D eigenvalue weighted by molar-refractivity contribution is 0.0868. The van der Waals surface area contributed by atoms with Crippen molar-refractivity contribution < 1.29 is 22.7 Å². The highest BCUT2D eigenvalue weighted by Gasteiger charge is 2.40. The van der Waals surface area contributed by atoms with Gasteiger partial charge in [-0.15, -0.1) is 0 Å². The monoisotopic (exact) mass is 505 g/mol. The number of rotatable bonds is 6. The van der Waals surface area contributed by atoms with Crippen LogP contribution in [0.15, 0.2) is 35.2 Å². The normalized spacial score (nSPS) is 19.4. The van der Waals surface area contributed by atoms with Crippen molar-refractivity contribution in [2.75, 3.05) is 57.4 Å². The van der Waals surface area contributed by atoms with E-state index in [-0.39, 0.29) is 17.0 Å². The van der Waals surface area contributed by atoms with Crippen molar-refractivity contribution in [1.82, 2.24) is 9.21 Å². The van der Waals surface area contributed by atoms with E-state index in [0.29, 0.717) is 24.7 Å². The van der Waals surface area contributed by atoms with Crippen molar-refractivity contribution in [2.24, 2.45) is 0 Å². The van der Waals surface area contributed by atoms with Crippen LogP contribution in [0.3, 0.4) is 0 Å². The molecule has 2 aromatic carbocycles. The summed E-state index contributed by atoms with van der Waals surface area (Å²) in [5.74, 6) is 1.10. The van der Waals surface area contributed by atoms with Gasteiger partial charge < -0.3 is 14.4 Å². The van der Waals surface area contributed by atoms with Crippen LogP contribution in [0.25, 0.3) is 0 Å². The van der Waals surface area contributed by atoms with Crippen LogP contribution >= 0.6 is 11.6 Å². The van der Waals surface area contributed by atoms with E-state index < -0.39 is 15.9 Å². The fraction of sp³-hybridized carbons (Fsp3) is 0.458. The molecule has 0 unspecified atom stereocenters. The number of fused-ring (bicyclic) bond motifs is 2. The van der Waals surface area contributed by atoms with Crippen LogP contribution in [-0.2, 0) is 10.0 Å². The molecule has 1 fully saturated rings. The zero-order valence-electron chi connectivity index (χ0n) is 19.1. The number of anilines is 1. The Morgan fingerprint density at radius 3 is 2.38 bits per heavy atom. The van der Waals surface area contributed by atoms with Gasteiger partial charge in [-0.25, -0.2) is 12.7 Å². The molecule has 8 nitrogen and oxygen atoms in total. The first-order valence-electron chi connectivity index (χ1n) is 11.6. The molecule has 1 saturated heterocycles. The van der Waals surface area contributed by atoms with Gasteiger partial charge in [0.15, 0.2) is 11.5 Å². The number of piperazine rings is 1. The van der Waals surface area contributed by atoms with Crippen molar-refractivity contribution in [3.8, 4) is 11.5 Å². The molecule has 3 aliphatic heterocycles. The lowest BCUT2D eigenvalue weighted by atomic mass is 10.1. The second kappa shape index (κ2) is 9.28. The molecule has 1 amide bonds. The molecule has 0 N–H and O–H groups in total. The van der Waals surface area contributed by atoms with Gasteiger partial charge in [-0.1, -0.05) is 23.7 Å². The second-order valence-corrected chi connectivity index (χ2v) is 11.0. The van der Waals surface area contributed by atoms with Crippen molar-refractivity contribution in [3.05, 3.63) is 46.5 Å². The Hall–Kier alpha value is -2.49. The summed E-state index contributed by atoms with van der Waals surface area (Å²) in [7, 11) is -3.72. The van der Waals surface area contributed by atoms with Gasteiger partial charge in [0.05, 0.1) is 11.3 Å². The number of carbonyl (C=O) groups is 1. The molecule has 0 saturated carbocycles. The maximum Gasteiger partial charge on any atom is 0.269 e. The zero-order chi connectivity index (χ0) is 23.9. The van der Waals surface area contributed by atoms with E-state index in [2.05, 4.69) is 9.80 Å². The predicted octanol–water partition coefficient (Wildman–Crippen LogP) is 3.17. The summed E-state index contributed by atoms with van der Waals surface area (Å²) in [6, 6.07) is 8.37. The molecule has 5 rings (SSSR count). The van der Waals surface area contributed by atoms with E-state index in [0.717, 1.165) is 66.2 Å².